The highest BCUT2D eigenvalue weighted by Gasteiger charge is 2.39. The molecule has 2 aromatic heterocycles. The highest BCUT2D eigenvalue weighted by Crippen LogP contribution is 2.41. The van der Waals surface area contributed by atoms with Crippen LogP contribution in [0.25, 0.3) is 5.65 Å². The molecule has 35 heavy (non-hydrogen) atoms. The number of halogens is 2. The van der Waals surface area contributed by atoms with Crippen molar-refractivity contribution in [1.29, 1.82) is 0 Å². The van der Waals surface area contributed by atoms with Crippen LogP contribution in [0.4, 0.5) is 18.4 Å². The number of rotatable bonds is 6. The van der Waals surface area contributed by atoms with Crippen LogP contribution in [0.5, 0.6) is 0 Å². The molecule has 2 N–H and O–H groups in total. The molecule has 3 atom stereocenters. The SMILES string of the molecule is C[C@@H]1CN(Cc2cnn3cc([C@@H](NC(=O)O[C@H]4CCOC4)C4CCC(F)(F)CC4)nc3c2)C(=O)N1. The Morgan fingerprint density at radius 3 is 2.86 bits per heavy atom. The Morgan fingerprint density at radius 2 is 2.17 bits per heavy atom. The summed E-state index contributed by atoms with van der Waals surface area (Å²) in [4.78, 5) is 31.1. The van der Waals surface area contributed by atoms with E-state index >= 15 is 0 Å². The first-order valence-corrected chi connectivity index (χ1v) is 12.1. The number of alkyl halides is 2. The molecule has 3 fully saturated rings. The number of ether oxygens (including phenoxy) is 2. The largest absolute Gasteiger partial charge is 0.444 e. The maximum Gasteiger partial charge on any atom is 0.408 e. The van der Waals surface area contributed by atoms with Gasteiger partial charge in [0.25, 0.3) is 0 Å². The van der Waals surface area contributed by atoms with Crippen molar-refractivity contribution >= 4 is 17.8 Å². The van der Waals surface area contributed by atoms with Crippen molar-refractivity contribution in [2.24, 2.45) is 5.92 Å². The van der Waals surface area contributed by atoms with Gasteiger partial charge in [-0.15, -0.1) is 0 Å². The molecule has 4 heterocycles. The third-order valence-corrected chi connectivity index (χ3v) is 6.91. The van der Waals surface area contributed by atoms with E-state index in [2.05, 4.69) is 20.7 Å². The highest BCUT2D eigenvalue weighted by atomic mass is 19.3. The van der Waals surface area contributed by atoms with E-state index < -0.39 is 18.1 Å². The van der Waals surface area contributed by atoms with E-state index in [1.165, 1.54) is 0 Å². The minimum absolute atomic E-state index is 0.0856. The molecule has 190 valence electrons. The van der Waals surface area contributed by atoms with Crippen LogP contribution in [0.15, 0.2) is 18.5 Å². The third kappa shape index (κ3) is 5.47. The first kappa shape index (κ1) is 23.7. The Balaban J connectivity index is 1.35. The normalized spacial score (nSPS) is 25.6. The maximum atomic E-state index is 13.8. The Bertz CT molecular complexity index is 1080. The second-order valence-corrected chi connectivity index (χ2v) is 9.77. The van der Waals surface area contributed by atoms with Crippen molar-refractivity contribution in [3.8, 4) is 0 Å². The van der Waals surface area contributed by atoms with Crippen molar-refractivity contribution < 1.29 is 27.8 Å². The lowest BCUT2D eigenvalue weighted by molar-refractivity contribution is -0.0498. The Morgan fingerprint density at radius 1 is 1.37 bits per heavy atom. The minimum Gasteiger partial charge on any atom is -0.444 e. The van der Waals surface area contributed by atoms with Crippen molar-refractivity contribution in [1.82, 2.24) is 30.1 Å². The summed E-state index contributed by atoms with van der Waals surface area (Å²) in [7, 11) is 0. The van der Waals surface area contributed by atoms with Crippen LogP contribution in [0.3, 0.4) is 0 Å². The summed E-state index contributed by atoms with van der Waals surface area (Å²) in [6.07, 6.45) is 3.15. The molecule has 1 aliphatic carbocycles. The second kappa shape index (κ2) is 9.56. The van der Waals surface area contributed by atoms with Gasteiger partial charge in [0.15, 0.2) is 5.65 Å². The predicted molar refractivity (Wildman–Crippen MR) is 120 cm³/mol. The van der Waals surface area contributed by atoms with Gasteiger partial charge in [-0.05, 0) is 37.3 Å². The maximum absolute atomic E-state index is 13.8. The Hall–Kier alpha value is -3.02. The van der Waals surface area contributed by atoms with Crippen molar-refractivity contribution in [2.75, 3.05) is 19.8 Å². The number of imidazole rings is 1. The van der Waals surface area contributed by atoms with Gasteiger partial charge in [0.05, 0.1) is 37.3 Å². The summed E-state index contributed by atoms with van der Waals surface area (Å²) in [6.45, 7) is 3.84. The summed E-state index contributed by atoms with van der Waals surface area (Å²) < 4.78 is 40.0. The molecule has 0 bridgehead atoms. The standard InChI is InChI=1S/C23H30F2N6O4/c1-14-10-30(21(32)27-14)11-15-8-19-28-18(12-31(19)26-9-15)20(16-2-5-23(24,25)6-3-16)29-22(33)35-17-4-7-34-13-17/h8-9,12,14,16-17,20H,2-7,10-11,13H2,1H3,(H,27,32)(H,29,33)/t14-,17+,20+/m1/s1. The molecular weight excluding hydrogens is 462 g/mol. The molecule has 2 aromatic rings. The number of hydrogen-bond donors (Lipinski definition) is 2. The quantitative estimate of drug-likeness (QED) is 0.642. The summed E-state index contributed by atoms with van der Waals surface area (Å²) in [5.74, 6) is -2.89. The topological polar surface area (TPSA) is 110 Å². The van der Waals surface area contributed by atoms with E-state index in [4.69, 9.17) is 9.47 Å². The number of aromatic nitrogens is 3. The summed E-state index contributed by atoms with van der Waals surface area (Å²) in [5, 5.41) is 10.2. The van der Waals surface area contributed by atoms with Crippen LogP contribution in [0.1, 0.15) is 56.3 Å². The van der Waals surface area contributed by atoms with Crippen LogP contribution < -0.4 is 10.6 Å². The number of nitrogens with zero attached hydrogens (tertiary/aromatic N) is 4. The highest BCUT2D eigenvalue weighted by molar-refractivity contribution is 5.76. The number of urea groups is 1. The Labute approximate surface area is 201 Å². The van der Waals surface area contributed by atoms with E-state index in [1.807, 2.05) is 13.0 Å². The number of hydrogen-bond acceptors (Lipinski definition) is 6. The van der Waals surface area contributed by atoms with E-state index in [0.29, 0.717) is 44.1 Å². The van der Waals surface area contributed by atoms with Gasteiger partial charge in [-0.2, -0.15) is 5.10 Å². The van der Waals surface area contributed by atoms with Crippen LogP contribution in [0, 0.1) is 5.92 Å². The lowest BCUT2D eigenvalue weighted by Gasteiger charge is -2.33. The monoisotopic (exact) mass is 492 g/mol. The van der Waals surface area contributed by atoms with Crippen LogP contribution in [-0.4, -0.2) is 69.4 Å². The first-order chi connectivity index (χ1) is 16.8. The zero-order valence-corrected chi connectivity index (χ0v) is 19.6. The lowest BCUT2D eigenvalue weighted by Crippen LogP contribution is -2.39. The van der Waals surface area contributed by atoms with Gasteiger partial charge in [0, 0.05) is 38.4 Å². The smallest absolute Gasteiger partial charge is 0.408 e. The molecule has 3 aliphatic rings. The summed E-state index contributed by atoms with van der Waals surface area (Å²) in [6, 6.07) is 1.22. The van der Waals surface area contributed by atoms with Gasteiger partial charge in [-0.1, -0.05) is 0 Å². The fourth-order valence-corrected chi connectivity index (χ4v) is 5.04. The average molecular weight is 493 g/mol. The molecule has 0 radical (unpaired) electrons. The number of fused-ring (bicyclic) bond motifs is 1. The van der Waals surface area contributed by atoms with E-state index in [0.717, 1.165) is 5.56 Å². The zero-order valence-electron chi connectivity index (χ0n) is 19.6. The number of carbonyl (C=O) groups excluding carboxylic acids is 2. The number of carbonyl (C=O) groups is 2. The van der Waals surface area contributed by atoms with Gasteiger partial charge in [-0.3, -0.25) is 0 Å². The van der Waals surface area contributed by atoms with Crippen molar-refractivity contribution in [3.05, 3.63) is 29.7 Å². The molecule has 2 saturated heterocycles. The first-order valence-electron chi connectivity index (χ1n) is 12.1. The Kier molecular flexibility index (Phi) is 6.47. The summed E-state index contributed by atoms with van der Waals surface area (Å²) in [5.41, 5.74) is 1.91. The molecule has 12 heteroatoms. The minimum atomic E-state index is -2.68. The number of alkyl carbamates (subject to hydrolysis) is 1. The molecule has 2 aliphatic heterocycles. The van der Waals surface area contributed by atoms with Crippen LogP contribution in [0.2, 0.25) is 0 Å². The summed E-state index contributed by atoms with van der Waals surface area (Å²) >= 11 is 0. The van der Waals surface area contributed by atoms with Crippen LogP contribution >= 0.6 is 0 Å². The molecule has 0 aromatic carbocycles. The molecular formula is C23H30F2N6O4. The number of nitrogens with one attached hydrogen (secondary N) is 2. The average Bonchev–Trinajstić information content (AvgIpc) is 3.53. The van der Waals surface area contributed by atoms with E-state index in [9.17, 15) is 18.4 Å². The lowest BCUT2D eigenvalue weighted by atomic mass is 9.81. The van der Waals surface area contributed by atoms with Gasteiger partial charge >= 0.3 is 12.1 Å². The van der Waals surface area contributed by atoms with Gasteiger partial charge < -0.3 is 25.0 Å². The van der Waals surface area contributed by atoms with Crippen molar-refractivity contribution in [2.45, 2.75) is 69.7 Å². The zero-order chi connectivity index (χ0) is 24.6. The fourth-order valence-electron chi connectivity index (χ4n) is 5.04. The molecule has 0 unspecified atom stereocenters. The van der Waals surface area contributed by atoms with Crippen LogP contribution in [-0.2, 0) is 16.0 Å². The second-order valence-electron chi connectivity index (χ2n) is 9.77. The number of amides is 3. The molecule has 3 amide bonds. The molecule has 10 nitrogen and oxygen atoms in total. The van der Waals surface area contributed by atoms with Gasteiger partial charge in [-0.25, -0.2) is 27.9 Å². The van der Waals surface area contributed by atoms with Crippen molar-refractivity contribution in [3.63, 3.8) is 0 Å². The molecule has 1 saturated carbocycles. The fraction of sp³-hybridized carbons (Fsp3) is 0.652. The molecule has 5 rings (SSSR count). The predicted octanol–water partition coefficient (Wildman–Crippen LogP) is 3.02. The van der Waals surface area contributed by atoms with Gasteiger partial charge in [0.2, 0.25) is 5.92 Å². The molecule has 0 spiro atoms. The third-order valence-electron chi connectivity index (χ3n) is 6.91. The van der Waals surface area contributed by atoms with E-state index in [1.54, 1.807) is 21.8 Å². The van der Waals surface area contributed by atoms with E-state index in [-0.39, 0.29) is 49.8 Å². The van der Waals surface area contributed by atoms with Gasteiger partial charge in [0.1, 0.15) is 6.10 Å².